The van der Waals surface area contributed by atoms with E-state index in [0.29, 0.717) is 24.0 Å². The first-order chi connectivity index (χ1) is 10.5. The Labute approximate surface area is 128 Å². The number of carbonyl (C=O) groups excluding carboxylic acids is 1. The number of hydrogen-bond donors (Lipinski definition) is 0. The van der Waals surface area contributed by atoms with Crippen LogP contribution in [-0.4, -0.2) is 19.2 Å². The van der Waals surface area contributed by atoms with Gasteiger partial charge in [0.25, 0.3) is 0 Å². The van der Waals surface area contributed by atoms with Crippen LogP contribution in [0, 0.1) is 11.8 Å². The third-order valence-corrected chi connectivity index (χ3v) is 3.87. The smallest absolute Gasteiger partial charge is 0.387 e. The Morgan fingerprint density at radius 2 is 1.91 bits per heavy atom. The predicted octanol–water partition coefficient (Wildman–Crippen LogP) is 3.98. The molecule has 1 aromatic rings. The van der Waals surface area contributed by atoms with E-state index in [1.807, 2.05) is 0 Å². The first-order valence-corrected chi connectivity index (χ1v) is 7.39. The zero-order valence-electron chi connectivity index (χ0n) is 12.5. The second-order valence-corrected chi connectivity index (χ2v) is 5.56. The summed E-state index contributed by atoms with van der Waals surface area (Å²) in [5.41, 5.74) is 0.711. The Bertz CT molecular complexity index is 511. The molecule has 0 saturated heterocycles. The molecule has 0 bridgehead atoms. The van der Waals surface area contributed by atoms with E-state index in [2.05, 4.69) is 23.8 Å². The normalized spacial score (nSPS) is 20.9. The van der Waals surface area contributed by atoms with Crippen LogP contribution in [0.3, 0.4) is 0 Å². The van der Waals surface area contributed by atoms with Crippen LogP contribution in [0.1, 0.15) is 25.3 Å². The van der Waals surface area contributed by atoms with Crippen molar-refractivity contribution in [3.05, 3.63) is 42.0 Å². The Morgan fingerprint density at radius 1 is 1.23 bits per heavy atom. The molecule has 0 heterocycles. The number of hydrogen-bond acceptors (Lipinski definition) is 3. The van der Waals surface area contributed by atoms with Gasteiger partial charge >= 0.3 is 12.6 Å². The third-order valence-electron chi connectivity index (χ3n) is 3.87. The summed E-state index contributed by atoms with van der Waals surface area (Å²) in [7, 11) is 0. The highest BCUT2D eigenvalue weighted by Crippen LogP contribution is 2.25. The van der Waals surface area contributed by atoms with Crippen molar-refractivity contribution in [2.75, 3.05) is 6.61 Å². The molecular formula is C17H20F2O3. The highest BCUT2D eigenvalue weighted by atomic mass is 19.3. The first kappa shape index (κ1) is 16.5. The standard InChI is InChI=1S/C17H20F2O3/c1-12-4-2-3-5-14(12)11-21-16(20)10-13-6-8-15(9-7-13)22-17(18)19/h2-3,6-9,12,14,17H,4-5,10-11H2,1H3. The first-order valence-electron chi connectivity index (χ1n) is 7.39. The number of rotatable bonds is 6. The van der Waals surface area contributed by atoms with Crippen LogP contribution >= 0.6 is 0 Å². The Balaban J connectivity index is 1.78. The molecule has 0 N–H and O–H groups in total. The molecule has 0 amide bonds. The highest BCUT2D eigenvalue weighted by molar-refractivity contribution is 5.72. The summed E-state index contributed by atoms with van der Waals surface area (Å²) in [4.78, 5) is 11.8. The molecule has 0 spiro atoms. The van der Waals surface area contributed by atoms with Gasteiger partial charge in [-0.3, -0.25) is 4.79 Å². The third kappa shape index (κ3) is 5.13. The van der Waals surface area contributed by atoms with Gasteiger partial charge in [0.2, 0.25) is 0 Å². The number of alkyl halides is 2. The number of carbonyl (C=O) groups is 1. The van der Waals surface area contributed by atoms with E-state index in [0.717, 1.165) is 12.8 Å². The summed E-state index contributed by atoms with van der Waals surface area (Å²) in [6.45, 7) is -0.261. The van der Waals surface area contributed by atoms with E-state index >= 15 is 0 Å². The monoisotopic (exact) mass is 310 g/mol. The van der Waals surface area contributed by atoms with Crippen LogP contribution in [0.25, 0.3) is 0 Å². The molecule has 120 valence electrons. The van der Waals surface area contributed by atoms with Gasteiger partial charge in [0.15, 0.2) is 0 Å². The summed E-state index contributed by atoms with van der Waals surface area (Å²) in [5, 5.41) is 0. The van der Waals surface area contributed by atoms with Gasteiger partial charge in [-0.1, -0.05) is 31.2 Å². The SMILES string of the molecule is CC1CC=CCC1COC(=O)Cc1ccc(OC(F)F)cc1. The van der Waals surface area contributed by atoms with E-state index in [1.54, 1.807) is 12.1 Å². The quantitative estimate of drug-likeness (QED) is 0.589. The maximum atomic E-state index is 12.0. The highest BCUT2D eigenvalue weighted by Gasteiger charge is 2.20. The van der Waals surface area contributed by atoms with Crippen molar-refractivity contribution in [2.24, 2.45) is 11.8 Å². The largest absolute Gasteiger partial charge is 0.465 e. The maximum Gasteiger partial charge on any atom is 0.387 e. The summed E-state index contributed by atoms with van der Waals surface area (Å²) in [5.74, 6) is 0.665. The lowest BCUT2D eigenvalue weighted by Crippen LogP contribution is -2.22. The summed E-state index contributed by atoms with van der Waals surface area (Å²) in [6.07, 6.45) is 6.38. The fourth-order valence-electron chi connectivity index (χ4n) is 2.45. The molecule has 2 rings (SSSR count). The van der Waals surface area contributed by atoms with Crippen molar-refractivity contribution in [1.29, 1.82) is 0 Å². The average Bonchev–Trinajstić information content (AvgIpc) is 2.48. The van der Waals surface area contributed by atoms with Crippen molar-refractivity contribution < 1.29 is 23.0 Å². The topological polar surface area (TPSA) is 35.5 Å². The van der Waals surface area contributed by atoms with Gasteiger partial charge < -0.3 is 9.47 Å². The maximum absolute atomic E-state index is 12.0. The fraction of sp³-hybridized carbons (Fsp3) is 0.471. The Morgan fingerprint density at radius 3 is 2.55 bits per heavy atom. The molecule has 0 fully saturated rings. The Kier molecular flexibility index (Phi) is 5.92. The van der Waals surface area contributed by atoms with E-state index in [1.165, 1.54) is 12.1 Å². The lowest BCUT2D eigenvalue weighted by Gasteiger charge is -2.24. The van der Waals surface area contributed by atoms with E-state index < -0.39 is 6.61 Å². The van der Waals surface area contributed by atoms with Crippen LogP contribution in [0.15, 0.2) is 36.4 Å². The summed E-state index contributed by atoms with van der Waals surface area (Å²) >= 11 is 0. The number of esters is 1. The summed E-state index contributed by atoms with van der Waals surface area (Å²) in [6, 6.07) is 6.02. The average molecular weight is 310 g/mol. The number of benzene rings is 1. The minimum atomic E-state index is -2.85. The molecule has 2 unspecified atom stereocenters. The molecule has 22 heavy (non-hydrogen) atoms. The number of allylic oxidation sites excluding steroid dienone is 2. The zero-order valence-corrected chi connectivity index (χ0v) is 12.5. The van der Waals surface area contributed by atoms with Crippen LogP contribution in [0.2, 0.25) is 0 Å². The number of halogens is 2. The van der Waals surface area contributed by atoms with Gasteiger partial charge in [-0.05, 0) is 42.4 Å². The Hall–Kier alpha value is -1.91. The lowest BCUT2D eigenvalue weighted by molar-refractivity contribution is -0.144. The molecule has 0 saturated carbocycles. The molecule has 1 aliphatic carbocycles. The number of ether oxygens (including phenoxy) is 2. The van der Waals surface area contributed by atoms with E-state index in [4.69, 9.17) is 4.74 Å². The minimum Gasteiger partial charge on any atom is -0.465 e. The van der Waals surface area contributed by atoms with Gasteiger partial charge in [0.1, 0.15) is 5.75 Å². The predicted molar refractivity (Wildman–Crippen MR) is 78.8 cm³/mol. The van der Waals surface area contributed by atoms with Gasteiger partial charge in [0, 0.05) is 0 Å². The van der Waals surface area contributed by atoms with Crippen LogP contribution in [0.4, 0.5) is 8.78 Å². The van der Waals surface area contributed by atoms with Crippen LogP contribution in [-0.2, 0) is 16.0 Å². The summed E-state index contributed by atoms with van der Waals surface area (Å²) < 4.78 is 33.7. The van der Waals surface area contributed by atoms with Crippen molar-refractivity contribution in [3.8, 4) is 5.75 Å². The molecule has 1 aliphatic rings. The van der Waals surface area contributed by atoms with Crippen LogP contribution < -0.4 is 4.74 Å². The van der Waals surface area contributed by atoms with Crippen molar-refractivity contribution in [3.63, 3.8) is 0 Å². The molecule has 3 nitrogen and oxygen atoms in total. The molecule has 0 aromatic heterocycles. The van der Waals surface area contributed by atoms with Gasteiger partial charge in [-0.2, -0.15) is 8.78 Å². The molecule has 0 aliphatic heterocycles. The van der Waals surface area contributed by atoms with E-state index in [-0.39, 0.29) is 18.1 Å². The van der Waals surface area contributed by atoms with Crippen LogP contribution in [0.5, 0.6) is 5.75 Å². The molecule has 0 radical (unpaired) electrons. The molecule has 5 heteroatoms. The van der Waals surface area contributed by atoms with E-state index in [9.17, 15) is 13.6 Å². The van der Waals surface area contributed by atoms with Crippen molar-refractivity contribution in [1.82, 2.24) is 0 Å². The van der Waals surface area contributed by atoms with Gasteiger partial charge in [-0.25, -0.2) is 0 Å². The molecule has 2 atom stereocenters. The second-order valence-electron chi connectivity index (χ2n) is 5.56. The molecular weight excluding hydrogens is 290 g/mol. The zero-order chi connectivity index (χ0) is 15.9. The van der Waals surface area contributed by atoms with Gasteiger partial charge in [-0.15, -0.1) is 0 Å². The van der Waals surface area contributed by atoms with Crippen molar-refractivity contribution >= 4 is 5.97 Å². The fourth-order valence-corrected chi connectivity index (χ4v) is 2.45. The molecule has 1 aromatic carbocycles. The minimum absolute atomic E-state index is 0.0786. The second kappa shape index (κ2) is 7.92. The van der Waals surface area contributed by atoms with Gasteiger partial charge in [0.05, 0.1) is 13.0 Å². The lowest BCUT2D eigenvalue weighted by atomic mass is 9.85. The van der Waals surface area contributed by atoms with Crippen molar-refractivity contribution in [2.45, 2.75) is 32.8 Å².